The van der Waals surface area contributed by atoms with Crippen molar-refractivity contribution in [1.82, 2.24) is 14.5 Å². The first kappa shape index (κ1) is 31.6. The van der Waals surface area contributed by atoms with Crippen LogP contribution >= 0.6 is 0 Å². The number of hydrogen-bond acceptors (Lipinski definition) is 4. The first-order valence-electron chi connectivity index (χ1n) is 19.1. The highest BCUT2D eigenvalue weighted by molar-refractivity contribution is 6.16. The highest BCUT2D eigenvalue weighted by Crippen LogP contribution is 2.40. The number of rotatable bonds is 5. The van der Waals surface area contributed by atoms with E-state index in [1.54, 1.807) is 0 Å². The van der Waals surface area contributed by atoms with Crippen LogP contribution in [-0.4, -0.2) is 14.5 Å². The van der Waals surface area contributed by atoms with Crippen molar-refractivity contribution in [2.24, 2.45) is 0 Å². The molecule has 4 heterocycles. The summed E-state index contributed by atoms with van der Waals surface area (Å²) in [5, 5.41) is 6.66. The average Bonchev–Trinajstić information content (AvgIpc) is 3.94. The fourth-order valence-corrected chi connectivity index (χ4v) is 8.46. The Kier molecular flexibility index (Phi) is 6.86. The van der Waals surface area contributed by atoms with E-state index < -0.39 is 0 Å². The van der Waals surface area contributed by atoms with Gasteiger partial charge in [0.05, 0.1) is 22.4 Å². The third kappa shape index (κ3) is 5.10. The maximum absolute atomic E-state index is 6.56. The fourth-order valence-electron chi connectivity index (χ4n) is 8.46. The molecule has 12 aromatic rings. The summed E-state index contributed by atoms with van der Waals surface area (Å²) >= 11 is 0. The number of para-hydroxylation sites is 2. The van der Waals surface area contributed by atoms with Crippen LogP contribution < -0.4 is 0 Å². The molecule has 0 amide bonds. The van der Waals surface area contributed by atoms with Gasteiger partial charge in [0.1, 0.15) is 22.3 Å². The Morgan fingerprint density at radius 2 is 0.825 bits per heavy atom. The molecule has 57 heavy (non-hydrogen) atoms. The molecule has 12 rings (SSSR count). The summed E-state index contributed by atoms with van der Waals surface area (Å²) < 4.78 is 15.4. The molecule has 0 saturated carbocycles. The van der Waals surface area contributed by atoms with E-state index in [9.17, 15) is 0 Å². The van der Waals surface area contributed by atoms with Gasteiger partial charge in [0.25, 0.3) is 0 Å². The van der Waals surface area contributed by atoms with Gasteiger partial charge >= 0.3 is 0 Å². The lowest BCUT2D eigenvalue weighted by molar-refractivity contribution is 0.656. The number of fused-ring (bicyclic) bond motifs is 9. The second kappa shape index (κ2) is 12.4. The second-order valence-corrected chi connectivity index (χ2v) is 14.6. The zero-order valence-corrected chi connectivity index (χ0v) is 30.6. The van der Waals surface area contributed by atoms with Crippen LogP contribution in [0.25, 0.3) is 116 Å². The molecule has 0 aliphatic rings. The van der Waals surface area contributed by atoms with E-state index in [1.165, 1.54) is 21.8 Å². The molecule has 0 unspecified atom stereocenters. The molecular weight excluding hydrogens is 699 g/mol. The molecule has 0 N–H and O–H groups in total. The second-order valence-electron chi connectivity index (χ2n) is 14.6. The molecule has 0 aliphatic carbocycles. The minimum Gasteiger partial charge on any atom is -0.456 e. The largest absolute Gasteiger partial charge is 0.456 e. The topological polar surface area (TPSA) is 57.0 Å². The fraction of sp³-hybridized carbons (Fsp3) is 0. The molecule has 0 bridgehead atoms. The van der Waals surface area contributed by atoms with E-state index in [1.807, 2.05) is 42.5 Å². The van der Waals surface area contributed by atoms with Crippen LogP contribution in [0.4, 0.5) is 0 Å². The summed E-state index contributed by atoms with van der Waals surface area (Å²) in [5.41, 5.74) is 13.7. The van der Waals surface area contributed by atoms with E-state index in [0.717, 1.165) is 88.8 Å². The molecule has 0 saturated heterocycles. The van der Waals surface area contributed by atoms with Gasteiger partial charge in [0, 0.05) is 60.8 Å². The van der Waals surface area contributed by atoms with Crippen molar-refractivity contribution in [3.63, 3.8) is 0 Å². The quantitative estimate of drug-likeness (QED) is 0.177. The summed E-state index contributed by atoms with van der Waals surface area (Å²) in [5.74, 6) is 0.647. The molecule has 0 atom stereocenters. The SMILES string of the molecule is c1ccc(-c2cc(-c3ccccc3)nc(-c3ccc4c(c3)oc3cc5oc6cc(-c7ccc8c(c7)c7ccccc7n8-c7ccccc7)ccc6c5cc34)n2)cc1. The van der Waals surface area contributed by atoms with Crippen molar-refractivity contribution in [3.05, 3.63) is 188 Å². The van der Waals surface area contributed by atoms with Gasteiger partial charge in [0.2, 0.25) is 0 Å². The predicted octanol–water partition coefficient (Wildman–Crippen LogP) is 14.0. The molecule has 0 aliphatic heterocycles. The van der Waals surface area contributed by atoms with Crippen LogP contribution in [-0.2, 0) is 0 Å². The summed E-state index contributed by atoms with van der Waals surface area (Å²) in [6, 6.07) is 65.5. The van der Waals surface area contributed by atoms with E-state index in [-0.39, 0.29) is 0 Å². The molecule has 5 nitrogen and oxygen atoms in total. The first-order valence-corrected chi connectivity index (χ1v) is 19.1. The Balaban J connectivity index is 0.938. The highest BCUT2D eigenvalue weighted by Gasteiger charge is 2.18. The highest BCUT2D eigenvalue weighted by atomic mass is 16.3. The van der Waals surface area contributed by atoms with Crippen molar-refractivity contribution in [2.75, 3.05) is 0 Å². The summed E-state index contributed by atoms with van der Waals surface area (Å²) in [4.78, 5) is 10.1. The Bertz CT molecular complexity index is 3450. The molecule has 0 spiro atoms. The van der Waals surface area contributed by atoms with Crippen molar-refractivity contribution in [1.29, 1.82) is 0 Å². The third-order valence-corrected chi connectivity index (χ3v) is 11.2. The summed E-state index contributed by atoms with van der Waals surface area (Å²) in [7, 11) is 0. The number of nitrogens with zero attached hydrogens (tertiary/aromatic N) is 3. The van der Waals surface area contributed by atoms with Crippen molar-refractivity contribution in [2.45, 2.75) is 0 Å². The van der Waals surface area contributed by atoms with Gasteiger partial charge in [-0.25, -0.2) is 9.97 Å². The number of furan rings is 2. The summed E-state index contributed by atoms with van der Waals surface area (Å²) in [6.45, 7) is 0. The van der Waals surface area contributed by atoms with Crippen LogP contribution in [0.3, 0.4) is 0 Å². The molecule has 0 fully saturated rings. The van der Waals surface area contributed by atoms with Crippen LogP contribution in [0.1, 0.15) is 0 Å². The molecular formula is C52H31N3O2. The molecule has 0 radical (unpaired) electrons. The summed E-state index contributed by atoms with van der Waals surface area (Å²) in [6.07, 6.45) is 0. The Morgan fingerprint density at radius 3 is 1.49 bits per heavy atom. The standard InChI is InChI=1S/C52H31N3O2/c1-4-12-32(13-5-1)44-30-45(33-14-6-2-7-15-33)54-52(53-44)36-21-24-40-43-29-42-39-23-20-35(27-48(39)56-50(42)31-51(43)57-49(40)28-36)34-22-25-47-41(26-34)38-18-10-11-19-46(38)55(47)37-16-8-3-9-17-37/h1-31H. The Hall–Kier alpha value is -7.76. The van der Waals surface area contributed by atoms with Gasteiger partial charge in [-0.3, -0.25) is 0 Å². The minimum atomic E-state index is 0.647. The number of hydrogen-bond donors (Lipinski definition) is 0. The van der Waals surface area contributed by atoms with Gasteiger partial charge in [-0.2, -0.15) is 0 Å². The van der Waals surface area contributed by atoms with Crippen molar-refractivity contribution >= 4 is 65.7 Å². The van der Waals surface area contributed by atoms with Gasteiger partial charge in [0.15, 0.2) is 5.82 Å². The monoisotopic (exact) mass is 729 g/mol. The number of benzene rings is 8. The lowest BCUT2D eigenvalue weighted by Crippen LogP contribution is -1.95. The van der Waals surface area contributed by atoms with Crippen LogP contribution in [0, 0.1) is 0 Å². The zero-order chi connectivity index (χ0) is 37.5. The Morgan fingerprint density at radius 1 is 0.316 bits per heavy atom. The normalized spacial score (nSPS) is 11.9. The van der Waals surface area contributed by atoms with E-state index in [4.69, 9.17) is 18.8 Å². The van der Waals surface area contributed by atoms with Crippen LogP contribution in [0.5, 0.6) is 0 Å². The first-order chi connectivity index (χ1) is 28.2. The smallest absolute Gasteiger partial charge is 0.160 e. The van der Waals surface area contributed by atoms with Gasteiger partial charge in [-0.1, -0.05) is 115 Å². The lowest BCUT2D eigenvalue weighted by Gasteiger charge is -2.09. The minimum absolute atomic E-state index is 0.647. The molecule has 4 aromatic heterocycles. The Labute approximate surface area is 326 Å². The van der Waals surface area contributed by atoms with E-state index in [0.29, 0.717) is 5.82 Å². The average molecular weight is 730 g/mol. The van der Waals surface area contributed by atoms with E-state index >= 15 is 0 Å². The zero-order valence-electron chi connectivity index (χ0n) is 30.6. The predicted molar refractivity (Wildman–Crippen MR) is 233 cm³/mol. The molecule has 8 aromatic carbocycles. The van der Waals surface area contributed by atoms with E-state index in [2.05, 4.69) is 150 Å². The van der Waals surface area contributed by atoms with Gasteiger partial charge in [-0.15, -0.1) is 0 Å². The third-order valence-electron chi connectivity index (χ3n) is 11.2. The van der Waals surface area contributed by atoms with Gasteiger partial charge in [-0.05, 0) is 77.9 Å². The maximum atomic E-state index is 6.56. The molecule has 5 heteroatoms. The van der Waals surface area contributed by atoms with Crippen molar-refractivity contribution in [3.8, 4) is 50.7 Å². The number of aromatic nitrogens is 3. The molecule has 266 valence electrons. The van der Waals surface area contributed by atoms with Crippen molar-refractivity contribution < 1.29 is 8.83 Å². The van der Waals surface area contributed by atoms with Crippen LogP contribution in [0.2, 0.25) is 0 Å². The van der Waals surface area contributed by atoms with Crippen LogP contribution in [0.15, 0.2) is 197 Å². The van der Waals surface area contributed by atoms with Gasteiger partial charge < -0.3 is 13.4 Å². The maximum Gasteiger partial charge on any atom is 0.160 e. The lowest BCUT2D eigenvalue weighted by atomic mass is 10.0.